The van der Waals surface area contributed by atoms with E-state index in [1.807, 2.05) is 36.4 Å². The zero-order valence-electron chi connectivity index (χ0n) is 15.7. The summed E-state index contributed by atoms with van der Waals surface area (Å²) in [4.78, 5) is 26.8. The second-order valence-corrected chi connectivity index (χ2v) is 7.26. The van der Waals surface area contributed by atoms with Gasteiger partial charge in [-0.2, -0.15) is 0 Å². The molecule has 1 amide bonds. The van der Waals surface area contributed by atoms with Crippen LogP contribution in [0.1, 0.15) is 23.2 Å². The number of nitrogens with zero attached hydrogens (tertiary/aromatic N) is 1. The zero-order valence-corrected chi connectivity index (χ0v) is 15.7. The number of fused-ring (bicyclic) bond motifs is 3. The number of ether oxygens (including phenoxy) is 1. The molecule has 0 saturated carbocycles. The second-order valence-electron chi connectivity index (χ2n) is 7.26. The average molecular weight is 389 g/mol. The molecular formula is C23H19NO5. The Bertz CT molecular complexity index is 1180. The molecule has 146 valence electrons. The lowest BCUT2D eigenvalue weighted by Gasteiger charge is -2.30. The Labute approximate surface area is 166 Å². The minimum atomic E-state index is -0.257. The summed E-state index contributed by atoms with van der Waals surface area (Å²) in [6.07, 6.45) is 4.09. The van der Waals surface area contributed by atoms with Gasteiger partial charge in [0.1, 0.15) is 23.2 Å². The van der Waals surface area contributed by atoms with Crippen molar-refractivity contribution in [2.24, 2.45) is 5.92 Å². The summed E-state index contributed by atoms with van der Waals surface area (Å²) in [5.74, 6) is -0.0402. The Morgan fingerprint density at radius 1 is 0.966 bits per heavy atom. The maximum absolute atomic E-state index is 12.6. The fourth-order valence-corrected chi connectivity index (χ4v) is 3.86. The number of esters is 1. The van der Waals surface area contributed by atoms with Gasteiger partial charge in [0.2, 0.25) is 0 Å². The predicted octanol–water partition coefficient (Wildman–Crippen LogP) is 4.64. The van der Waals surface area contributed by atoms with Crippen LogP contribution in [0.25, 0.3) is 21.9 Å². The normalized spacial score (nSPS) is 15.1. The van der Waals surface area contributed by atoms with Crippen molar-refractivity contribution in [2.45, 2.75) is 12.8 Å². The molecule has 1 aliphatic heterocycles. The predicted molar refractivity (Wildman–Crippen MR) is 107 cm³/mol. The molecule has 1 fully saturated rings. The standard InChI is InChI=1S/C23H19NO5/c25-22(16-9-12-27-14-16)24-10-7-15(8-11-24)23(26)28-17-5-6-21-19(13-17)18-3-1-2-4-20(18)29-21/h1-6,9,12-15H,7-8,10-11H2. The highest BCUT2D eigenvalue weighted by Crippen LogP contribution is 2.32. The van der Waals surface area contributed by atoms with Crippen molar-refractivity contribution in [3.63, 3.8) is 0 Å². The molecule has 0 bridgehead atoms. The summed E-state index contributed by atoms with van der Waals surface area (Å²) < 4.78 is 16.4. The zero-order chi connectivity index (χ0) is 19.8. The van der Waals surface area contributed by atoms with Crippen molar-refractivity contribution in [1.82, 2.24) is 4.90 Å². The molecule has 0 atom stereocenters. The van der Waals surface area contributed by atoms with E-state index in [4.69, 9.17) is 13.6 Å². The van der Waals surface area contributed by atoms with E-state index in [0.29, 0.717) is 37.2 Å². The van der Waals surface area contributed by atoms with E-state index in [9.17, 15) is 9.59 Å². The Hall–Kier alpha value is -3.54. The number of amides is 1. The van der Waals surface area contributed by atoms with Crippen LogP contribution in [0.15, 0.2) is 69.9 Å². The van der Waals surface area contributed by atoms with Gasteiger partial charge < -0.3 is 18.5 Å². The topological polar surface area (TPSA) is 72.9 Å². The third kappa shape index (κ3) is 3.27. The molecule has 0 unspecified atom stereocenters. The molecule has 1 saturated heterocycles. The van der Waals surface area contributed by atoms with Gasteiger partial charge in [0, 0.05) is 23.9 Å². The van der Waals surface area contributed by atoms with Crippen LogP contribution in [-0.4, -0.2) is 29.9 Å². The molecule has 2 aromatic carbocycles. The van der Waals surface area contributed by atoms with Crippen LogP contribution in [-0.2, 0) is 4.79 Å². The summed E-state index contributed by atoms with van der Waals surface area (Å²) in [5.41, 5.74) is 2.10. The lowest BCUT2D eigenvalue weighted by molar-refractivity contribution is -0.140. The fraction of sp³-hybridized carbons (Fsp3) is 0.217. The Balaban J connectivity index is 1.26. The molecule has 1 aliphatic rings. The summed E-state index contributed by atoms with van der Waals surface area (Å²) in [6.45, 7) is 1.05. The molecule has 5 rings (SSSR count). The monoisotopic (exact) mass is 389 g/mol. The van der Waals surface area contributed by atoms with Crippen LogP contribution in [0, 0.1) is 5.92 Å². The van der Waals surface area contributed by atoms with E-state index < -0.39 is 0 Å². The molecule has 29 heavy (non-hydrogen) atoms. The van der Waals surface area contributed by atoms with Crippen molar-refractivity contribution >= 4 is 33.8 Å². The van der Waals surface area contributed by atoms with Crippen molar-refractivity contribution in [3.05, 3.63) is 66.6 Å². The van der Waals surface area contributed by atoms with Gasteiger partial charge in [-0.15, -0.1) is 0 Å². The number of piperidine rings is 1. The molecule has 2 aromatic heterocycles. The summed E-state index contributed by atoms with van der Waals surface area (Å²) in [7, 11) is 0. The lowest BCUT2D eigenvalue weighted by atomic mass is 9.96. The van der Waals surface area contributed by atoms with Crippen molar-refractivity contribution in [1.29, 1.82) is 0 Å². The molecule has 3 heterocycles. The van der Waals surface area contributed by atoms with E-state index in [-0.39, 0.29) is 17.8 Å². The number of carbonyl (C=O) groups is 2. The first-order chi connectivity index (χ1) is 14.2. The maximum Gasteiger partial charge on any atom is 0.314 e. The van der Waals surface area contributed by atoms with Crippen LogP contribution in [0.5, 0.6) is 5.75 Å². The van der Waals surface area contributed by atoms with Gasteiger partial charge in [-0.05, 0) is 43.2 Å². The first-order valence-corrected chi connectivity index (χ1v) is 9.63. The summed E-state index contributed by atoms with van der Waals surface area (Å²) >= 11 is 0. The smallest absolute Gasteiger partial charge is 0.314 e. The van der Waals surface area contributed by atoms with Gasteiger partial charge in [0.15, 0.2) is 0 Å². The van der Waals surface area contributed by atoms with Crippen molar-refractivity contribution in [2.75, 3.05) is 13.1 Å². The highest BCUT2D eigenvalue weighted by atomic mass is 16.5. The first kappa shape index (κ1) is 17.6. The minimum absolute atomic E-state index is 0.0668. The highest BCUT2D eigenvalue weighted by molar-refractivity contribution is 6.05. The Kier molecular flexibility index (Phi) is 4.31. The fourth-order valence-electron chi connectivity index (χ4n) is 3.86. The third-order valence-corrected chi connectivity index (χ3v) is 5.45. The number of para-hydroxylation sites is 1. The second kappa shape index (κ2) is 7.13. The van der Waals surface area contributed by atoms with E-state index in [1.54, 1.807) is 17.0 Å². The van der Waals surface area contributed by atoms with Gasteiger partial charge in [-0.25, -0.2) is 0 Å². The molecule has 0 aliphatic carbocycles. The first-order valence-electron chi connectivity index (χ1n) is 9.63. The number of carbonyl (C=O) groups excluding carboxylic acids is 2. The van der Waals surface area contributed by atoms with Crippen LogP contribution in [0.2, 0.25) is 0 Å². The third-order valence-electron chi connectivity index (χ3n) is 5.45. The van der Waals surface area contributed by atoms with Gasteiger partial charge in [0.25, 0.3) is 5.91 Å². The van der Waals surface area contributed by atoms with Crippen LogP contribution < -0.4 is 4.74 Å². The molecule has 0 spiro atoms. The molecule has 4 aromatic rings. The van der Waals surface area contributed by atoms with E-state index in [2.05, 4.69) is 0 Å². The highest BCUT2D eigenvalue weighted by Gasteiger charge is 2.29. The number of hydrogen-bond donors (Lipinski definition) is 0. The maximum atomic E-state index is 12.6. The Morgan fingerprint density at radius 3 is 2.55 bits per heavy atom. The largest absolute Gasteiger partial charge is 0.472 e. The van der Waals surface area contributed by atoms with Crippen LogP contribution >= 0.6 is 0 Å². The van der Waals surface area contributed by atoms with Gasteiger partial charge in [-0.1, -0.05) is 18.2 Å². The molecule has 0 N–H and O–H groups in total. The molecular weight excluding hydrogens is 370 g/mol. The van der Waals surface area contributed by atoms with Gasteiger partial charge in [0.05, 0.1) is 17.7 Å². The molecule has 6 heteroatoms. The van der Waals surface area contributed by atoms with E-state index in [0.717, 1.165) is 21.9 Å². The van der Waals surface area contributed by atoms with E-state index in [1.165, 1.54) is 12.5 Å². The van der Waals surface area contributed by atoms with Crippen molar-refractivity contribution < 1.29 is 23.2 Å². The average Bonchev–Trinajstić information content (AvgIpc) is 3.41. The Morgan fingerprint density at radius 2 is 1.76 bits per heavy atom. The quantitative estimate of drug-likeness (QED) is 0.377. The van der Waals surface area contributed by atoms with Gasteiger partial charge in [-0.3, -0.25) is 9.59 Å². The lowest BCUT2D eigenvalue weighted by Crippen LogP contribution is -2.41. The SMILES string of the molecule is O=C(Oc1ccc2oc3ccccc3c2c1)C1CCN(C(=O)c2ccoc2)CC1. The van der Waals surface area contributed by atoms with Crippen LogP contribution in [0.4, 0.5) is 0 Å². The summed E-state index contributed by atoms with van der Waals surface area (Å²) in [6, 6.07) is 14.8. The minimum Gasteiger partial charge on any atom is -0.472 e. The number of benzene rings is 2. The number of rotatable bonds is 3. The number of furan rings is 2. The number of hydrogen-bond acceptors (Lipinski definition) is 5. The number of likely N-dealkylation sites (tertiary alicyclic amines) is 1. The van der Waals surface area contributed by atoms with Crippen LogP contribution in [0.3, 0.4) is 0 Å². The molecule has 0 radical (unpaired) electrons. The van der Waals surface area contributed by atoms with Crippen molar-refractivity contribution in [3.8, 4) is 5.75 Å². The molecule has 6 nitrogen and oxygen atoms in total. The summed E-state index contributed by atoms with van der Waals surface area (Å²) in [5, 5.41) is 1.91. The van der Waals surface area contributed by atoms with E-state index >= 15 is 0 Å². The van der Waals surface area contributed by atoms with Gasteiger partial charge >= 0.3 is 5.97 Å².